The molecule has 3 atom stereocenters. The van der Waals surface area contributed by atoms with Crippen LogP contribution in [0.1, 0.15) is 77.3 Å². The molecule has 3 aliphatic rings. The maximum absolute atomic E-state index is 10.7. The predicted molar refractivity (Wildman–Crippen MR) is 183 cm³/mol. The summed E-state index contributed by atoms with van der Waals surface area (Å²) in [7, 11) is 0. The summed E-state index contributed by atoms with van der Waals surface area (Å²) in [5, 5.41) is 39.8. The minimum absolute atomic E-state index is 0.191. The molecule has 15 nitrogen and oxygen atoms in total. The molecule has 0 bridgehead atoms. The lowest BCUT2D eigenvalue weighted by Gasteiger charge is -2.42. The molecule has 1 aliphatic heterocycles. The lowest BCUT2D eigenvalue weighted by molar-refractivity contribution is -0.0852. The molecule has 15 heteroatoms. The molecule has 1 saturated heterocycles. The maximum atomic E-state index is 10.7. The Morgan fingerprint density at radius 1 is 1.08 bits per heavy atom. The zero-order valence-electron chi connectivity index (χ0n) is 28.9. The van der Waals surface area contributed by atoms with Gasteiger partial charge in [-0.1, -0.05) is 6.07 Å². The molecule has 0 radical (unpaired) electrons. The number of anilines is 2. The highest BCUT2D eigenvalue weighted by molar-refractivity contribution is 5.67. The van der Waals surface area contributed by atoms with E-state index in [1.165, 1.54) is 6.33 Å². The van der Waals surface area contributed by atoms with Gasteiger partial charge >= 0.3 is 0 Å². The fourth-order valence-electron chi connectivity index (χ4n) is 7.23. The number of hydrogen-bond acceptors (Lipinski definition) is 13. The third kappa shape index (κ3) is 7.88. The van der Waals surface area contributed by atoms with Crippen molar-refractivity contribution in [3.05, 3.63) is 48.7 Å². The molecule has 3 aromatic heterocycles. The summed E-state index contributed by atoms with van der Waals surface area (Å²) in [5.41, 5.74) is 1.84. The number of morpholine rings is 1. The number of rotatable bonds is 12. The van der Waals surface area contributed by atoms with Crippen LogP contribution >= 0.6 is 0 Å². The van der Waals surface area contributed by atoms with E-state index in [1.807, 2.05) is 29.9 Å². The summed E-state index contributed by atoms with van der Waals surface area (Å²) >= 11 is 0. The first-order chi connectivity index (χ1) is 24.2. The van der Waals surface area contributed by atoms with E-state index < -0.39 is 5.60 Å². The van der Waals surface area contributed by atoms with E-state index in [0.29, 0.717) is 41.4 Å². The number of nitrogens with one attached hydrogen (secondary N) is 1. The highest BCUT2D eigenvalue weighted by atomic mass is 16.5. The van der Waals surface area contributed by atoms with Crippen molar-refractivity contribution in [1.82, 2.24) is 44.9 Å². The van der Waals surface area contributed by atoms with Crippen molar-refractivity contribution < 1.29 is 19.3 Å². The minimum Gasteiger partial charge on any atom is -0.487 e. The lowest BCUT2D eigenvalue weighted by Crippen LogP contribution is -2.51. The summed E-state index contributed by atoms with van der Waals surface area (Å²) in [5.74, 6) is 1.28. The van der Waals surface area contributed by atoms with Crippen LogP contribution in [-0.2, 0) is 11.3 Å². The SMILES string of the molecule is C[C@@H]1CN([C@H]2CC[C@H](n3cc(Nc4ncc(-c5ccc(C#N)c(O[C@@H](C)Cn6cnnn6)c5)cn4)c(OCC4(O)CCC4)n3)CC2)C[C@H](C)O1. The number of nitriles is 1. The van der Waals surface area contributed by atoms with Crippen LogP contribution in [0.25, 0.3) is 11.1 Å². The van der Waals surface area contributed by atoms with Gasteiger partial charge in [-0.3, -0.25) is 9.58 Å². The largest absolute Gasteiger partial charge is 0.487 e. The smallest absolute Gasteiger partial charge is 0.257 e. The minimum atomic E-state index is -0.807. The molecule has 7 rings (SSSR count). The van der Waals surface area contributed by atoms with Crippen LogP contribution in [0.15, 0.2) is 43.1 Å². The average Bonchev–Trinajstić information content (AvgIpc) is 3.76. The number of aromatic nitrogens is 8. The molecular formula is C35H45N11O4. The Balaban J connectivity index is 1.04. The van der Waals surface area contributed by atoms with E-state index in [0.717, 1.165) is 69.2 Å². The fraction of sp³-hybridized carbons (Fsp3) is 0.571. The van der Waals surface area contributed by atoms with Crippen LogP contribution in [0.3, 0.4) is 0 Å². The second kappa shape index (κ2) is 14.7. The zero-order chi connectivity index (χ0) is 34.7. The molecule has 2 N–H and O–H groups in total. The van der Waals surface area contributed by atoms with Crippen molar-refractivity contribution in [3.8, 4) is 28.8 Å². The van der Waals surface area contributed by atoms with Gasteiger partial charge in [0.05, 0.1) is 42.2 Å². The summed E-state index contributed by atoms with van der Waals surface area (Å²) < 4.78 is 21.8. The second-order valence-electron chi connectivity index (χ2n) is 14.1. The first-order valence-corrected chi connectivity index (χ1v) is 17.6. The summed E-state index contributed by atoms with van der Waals surface area (Å²) in [4.78, 5) is 11.8. The summed E-state index contributed by atoms with van der Waals surface area (Å²) in [6, 6.07) is 8.39. The van der Waals surface area contributed by atoms with Gasteiger partial charge in [-0.2, -0.15) is 5.26 Å². The molecule has 0 spiro atoms. The first kappa shape index (κ1) is 33.8. The zero-order valence-corrected chi connectivity index (χ0v) is 28.9. The second-order valence-corrected chi connectivity index (χ2v) is 14.1. The maximum Gasteiger partial charge on any atom is 0.257 e. The van der Waals surface area contributed by atoms with Crippen molar-refractivity contribution in [2.45, 2.75) is 108 Å². The van der Waals surface area contributed by atoms with Gasteiger partial charge in [0.1, 0.15) is 36.5 Å². The molecule has 2 saturated carbocycles. The quantitative estimate of drug-likeness (QED) is 0.217. The van der Waals surface area contributed by atoms with Crippen LogP contribution in [0.2, 0.25) is 0 Å². The van der Waals surface area contributed by atoms with Gasteiger partial charge in [0.25, 0.3) is 5.88 Å². The van der Waals surface area contributed by atoms with Crippen molar-refractivity contribution in [1.29, 1.82) is 5.26 Å². The molecule has 0 amide bonds. The van der Waals surface area contributed by atoms with Crippen LogP contribution in [0.5, 0.6) is 11.6 Å². The van der Waals surface area contributed by atoms with E-state index in [-0.39, 0.29) is 31.0 Å². The van der Waals surface area contributed by atoms with Gasteiger partial charge in [0.15, 0.2) is 0 Å². The van der Waals surface area contributed by atoms with Crippen molar-refractivity contribution >= 4 is 11.6 Å². The van der Waals surface area contributed by atoms with Gasteiger partial charge in [-0.15, -0.1) is 10.2 Å². The van der Waals surface area contributed by atoms with Crippen LogP contribution < -0.4 is 14.8 Å². The Morgan fingerprint density at radius 3 is 2.48 bits per heavy atom. The first-order valence-electron chi connectivity index (χ1n) is 17.6. The summed E-state index contributed by atoms with van der Waals surface area (Å²) in [6.07, 6.45) is 13.9. The Morgan fingerprint density at radius 2 is 1.82 bits per heavy atom. The molecule has 0 unspecified atom stereocenters. The number of aliphatic hydroxyl groups is 1. The molecule has 4 heterocycles. The van der Waals surface area contributed by atoms with Gasteiger partial charge in [0, 0.05) is 37.1 Å². The van der Waals surface area contributed by atoms with E-state index in [4.69, 9.17) is 19.3 Å². The molecular weight excluding hydrogens is 638 g/mol. The highest BCUT2D eigenvalue weighted by Crippen LogP contribution is 2.37. The van der Waals surface area contributed by atoms with Crippen LogP contribution in [0, 0.1) is 11.3 Å². The Hall–Kier alpha value is -4.65. The third-order valence-electron chi connectivity index (χ3n) is 9.96. The average molecular weight is 684 g/mol. The normalized spacial score (nSPS) is 24.1. The van der Waals surface area contributed by atoms with Crippen molar-refractivity contribution in [2.75, 3.05) is 25.0 Å². The Bertz CT molecular complexity index is 1750. The van der Waals surface area contributed by atoms with Gasteiger partial charge < -0.3 is 24.6 Å². The number of nitrogens with zero attached hydrogens (tertiary/aromatic N) is 10. The van der Waals surface area contributed by atoms with E-state index in [9.17, 15) is 10.4 Å². The lowest BCUT2D eigenvalue weighted by atomic mass is 9.81. The molecule has 264 valence electrons. The Kier molecular flexibility index (Phi) is 9.93. The van der Waals surface area contributed by atoms with Gasteiger partial charge in [0.2, 0.25) is 5.95 Å². The van der Waals surface area contributed by atoms with Gasteiger partial charge in [-0.05, 0) is 93.8 Å². The monoisotopic (exact) mass is 683 g/mol. The topological polar surface area (TPSA) is 174 Å². The van der Waals surface area contributed by atoms with Crippen molar-refractivity contribution in [3.63, 3.8) is 0 Å². The molecule has 1 aromatic carbocycles. The molecule has 4 aromatic rings. The number of hydrogen-bond donors (Lipinski definition) is 2. The van der Waals surface area contributed by atoms with Crippen LogP contribution in [0.4, 0.5) is 11.6 Å². The van der Waals surface area contributed by atoms with E-state index >= 15 is 0 Å². The standard InChI is InChI=1S/C35H45N11O4/c1-23-17-44(18-24(2)49-23)29-7-9-30(10-8-29)46-20-31(33(41-46)48-21-35(47)11-4-12-35)40-34-37-15-28(16-38-34)26-5-6-27(14-36)32(13-26)50-25(3)19-45-22-39-42-43-45/h5-6,13,15-16,20,22-25,29-30,47H,4,7-12,17-19,21H2,1-3H3,(H,37,38,40)/t23-,24+,25-,29-,30-/m0/s1. The number of ether oxygens (including phenoxy) is 3. The molecule has 50 heavy (non-hydrogen) atoms. The Labute approximate surface area is 291 Å². The van der Waals surface area contributed by atoms with E-state index in [2.05, 4.69) is 55.6 Å². The van der Waals surface area contributed by atoms with Gasteiger partial charge in [-0.25, -0.2) is 14.6 Å². The number of benzene rings is 1. The fourth-order valence-corrected chi connectivity index (χ4v) is 7.23. The van der Waals surface area contributed by atoms with E-state index in [1.54, 1.807) is 23.1 Å². The third-order valence-corrected chi connectivity index (χ3v) is 9.96. The molecule has 2 aliphatic carbocycles. The molecule has 3 fully saturated rings. The number of tetrazole rings is 1. The van der Waals surface area contributed by atoms with Crippen LogP contribution in [-0.4, -0.2) is 99.6 Å². The predicted octanol–water partition coefficient (Wildman–Crippen LogP) is 4.30. The summed E-state index contributed by atoms with van der Waals surface area (Å²) in [6.45, 7) is 8.80. The highest BCUT2D eigenvalue weighted by Gasteiger charge is 2.36. The van der Waals surface area contributed by atoms with Crippen molar-refractivity contribution in [2.24, 2.45) is 0 Å².